The number of nitrogens with one attached hydrogen (secondary N) is 1. The quantitative estimate of drug-likeness (QED) is 0.796. The van der Waals surface area contributed by atoms with Gasteiger partial charge in [0.15, 0.2) is 0 Å². The van der Waals surface area contributed by atoms with Gasteiger partial charge in [-0.15, -0.1) is 0 Å². The SMILES string of the molecule is CC[C@@H](NC(=O)c1ccc(F)cn1)C(=O)O. The second-order valence-electron chi connectivity index (χ2n) is 3.13. The molecule has 0 unspecified atom stereocenters. The predicted molar refractivity (Wildman–Crippen MR) is 53.4 cm³/mol. The lowest BCUT2D eigenvalue weighted by molar-refractivity contribution is -0.139. The van der Waals surface area contributed by atoms with E-state index in [0.717, 1.165) is 12.3 Å². The van der Waals surface area contributed by atoms with Crippen molar-refractivity contribution in [1.29, 1.82) is 0 Å². The molecule has 0 fully saturated rings. The highest BCUT2D eigenvalue weighted by molar-refractivity contribution is 5.94. The van der Waals surface area contributed by atoms with Gasteiger partial charge >= 0.3 is 5.97 Å². The van der Waals surface area contributed by atoms with Crippen molar-refractivity contribution in [2.75, 3.05) is 0 Å². The monoisotopic (exact) mass is 226 g/mol. The summed E-state index contributed by atoms with van der Waals surface area (Å²) in [5, 5.41) is 11.0. The van der Waals surface area contributed by atoms with Crippen molar-refractivity contribution in [3.05, 3.63) is 29.8 Å². The predicted octanol–water partition coefficient (Wildman–Crippen LogP) is 0.814. The standard InChI is InChI=1S/C10H11FN2O3/c1-2-7(10(15)16)13-9(14)8-4-3-6(11)5-12-8/h3-5,7H,2H2,1H3,(H,13,14)(H,15,16)/t7-/m1/s1. The number of halogens is 1. The zero-order valence-electron chi connectivity index (χ0n) is 8.61. The third-order valence-corrected chi connectivity index (χ3v) is 1.97. The van der Waals surface area contributed by atoms with Crippen LogP contribution < -0.4 is 5.32 Å². The molecule has 16 heavy (non-hydrogen) atoms. The molecule has 0 radical (unpaired) electrons. The van der Waals surface area contributed by atoms with Gasteiger partial charge in [0.2, 0.25) is 0 Å². The van der Waals surface area contributed by atoms with Gasteiger partial charge in [0.25, 0.3) is 5.91 Å². The molecule has 1 aromatic rings. The summed E-state index contributed by atoms with van der Waals surface area (Å²) in [7, 11) is 0. The topological polar surface area (TPSA) is 79.3 Å². The molecule has 1 atom stereocenters. The number of hydrogen-bond acceptors (Lipinski definition) is 3. The maximum atomic E-state index is 12.5. The number of carbonyl (C=O) groups is 2. The highest BCUT2D eigenvalue weighted by Gasteiger charge is 2.18. The number of pyridine rings is 1. The lowest BCUT2D eigenvalue weighted by atomic mass is 10.2. The highest BCUT2D eigenvalue weighted by Crippen LogP contribution is 2.00. The lowest BCUT2D eigenvalue weighted by Gasteiger charge is -2.11. The maximum Gasteiger partial charge on any atom is 0.326 e. The Kier molecular flexibility index (Phi) is 3.93. The molecule has 0 saturated carbocycles. The number of hydrogen-bond donors (Lipinski definition) is 2. The minimum atomic E-state index is -1.11. The molecule has 0 aliphatic rings. The van der Waals surface area contributed by atoms with Crippen molar-refractivity contribution in [3.8, 4) is 0 Å². The molecule has 0 aliphatic heterocycles. The third-order valence-electron chi connectivity index (χ3n) is 1.97. The van der Waals surface area contributed by atoms with Crippen LogP contribution in [0.15, 0.2) is 18.3 Å². The molecule has 0 bridgehead atoms. The number of rotatable bonds is 4. The molecule has 1 aromatic heterocycles. The number of aromatic nitrogens is 1. The van der Waals surface area contributed by atoms with Crippen molar-refractivity contribution in [2.24, 2.45) is 0 Å². The van der Waals surface area contributed by atoms with Gasteiger partial charge in [-0.2, -0.15) is 0 Å². The first-order chi connectivity index (χ1) is 7.54. The smallest absolute Gasteiger partial charge is 0.326 e. The van der Waals surface area contributed by atoms with E-state index in [-0.39, 0.29) is 12.1 Å². The number of nitrogens with zero attached hydrogens (tertiary/aromatic N) is 1. The van der Waals surface area contributed by atoms with Gasteiger partial charge in [-0.25, -0.2) is 14.2 Å². The molecule has 1 rings (SSSR count). The van der Waals surface area contributed by atoms with Crippen molar-refractivity contribution in [1.82, 2.24) is 10.3 Å². The molecule has 1 heterocycles. The van der Waals surface area contributed by atoms with Gasteiger partial charge < -0.3 is 10.4 Å². The summed E-state index contributed by atoms with van der Waals surface area (Å²) in [6, 6.07) is 1.32. The summed E-state index contributed by atoms with van der Waals surface area (Å²) in [5.74, 6) is -2.30. The van der Waals surface area contributed by atoms with Crippen LogP contribution in [0.1, 0.15) is 23.8 Å². The van der Waals surface area contributed by atoms with E-state index in [0.29, 0.717) is 0 Å². The fourth-order valence-electron chi connectivity index (χ4n) is 1.08. The van der Waals surface area contributed by atoms with Gasteiger partial charge in [0.1, 0.15) is 17.6 Å². The minimum absolute atomic E-state index is 0.0129. The molecule has 0 aliphatic carbocycles. The summed E-state index contributed by atoms with van der Waals surface area (Å²) in [5.41, 5.74) is -0.0129. The molecular weight excluding hydrogens is 215 g/mol. The van der Waals surface area contributed by atoms with E-state index in [1.165, 1.54) is 6.07 Å². The van der Waals surface area contributed by atoms with Crippen LogP contribution in [0.5, 0.6) is 0 Å². The summed E-state index contributed by atoms with van der Waals surface area (Å²) in [6.07, 6.45) is 1.17. The van der Waals surface area contributed by atoms with E-state index in [4.69, 9.17) is 5.11 Å². The Bertz CT molecular complexity index is 392. The second-order valence-corrected chi connectivity index (χ2v) is 3.13. The molecule has 6 heteroatoms. The first-order valence-corrected chi connectivity index (χ1v) is 4.69. The largest absolute Gasteiger partial charge is 0.480 e. The molecule has 0 aromatic carbocycles. The molecule has 2 N–H and O–H groups in total. The van der Waals surface area contributed by atoms with Gasteiger partial charge in [0, 0.05) is 0 Å². The number of aliphatic carboxylic acids is 1. The van der Waals surface area contributed by atoms with Crippen LogP contribution in [-0.4, -0.2) is 28.0 Å². The van der Waals surface area contributed by atoms with Gasteiger partial charge in [-0.1, -0.05) is 6.92 Å². The Hall–Kier alpha value is -1.98. The van der Waals surface area contributed by atoms with Crippen LogP contribution >= 0.6 is 0 Å². The number of carboxylic acid groups (broad SMARTS) is 1. The number of amides is 1. The average Bonchev–Trinajstić information content (AvgIpc) is 2.26. The van der Waals surface area contributed by atoms with E-state index < -0.39 is 23.7 Å². The minimum Gasteiger partial charge on any atom is -0.480 e. The van der Waals surface area contributed by atoms with E-state index in [1.54, 1.807) is 6.92 Å². The molecule has 86 valence electrons. The van der Waals surface area contributed by atoms with E-state index >= 15 is 0 Å². The first-order valence-electron chi connectivity index (χ1n) is 4.69. The first kappa shape index (κ1) is 12.1. The van der Waals surface area contributed by atoms with Crippen LogP contribution in [0.2, 0.25) is 0 Å². The Morgan fingerprint density at radius 1 is 1.56 bits per heavy atom. The van der Waals surface area contributed by atoms with Crippen LogP contribution in [-0.2, 0) is 4.79 Å². The van der Waals surface area contributed by atoms with Gasteiger partial charge in [-0.05, 0) is 18.6 Å². The number of carboxylic acids is 1. The molecule has 5 nitrogen and oxygen atoms in total. The fourth-order valence-corrected chi connectivity index (χ4v) is 1.08. The van der Waals surface area contributed by atoms with Crippen molar-refractivity contribution in [2.45, 2.75) is 19.4 Å². The molecule has 0 saturated heterocycles. The summed E-state index contributed by atoms with van der Waals surface area (Å²) < 4.78 is 12.5. The zero-order valence-corrected chi connectivity index (χ0v) is 8.61. The summed E-state index contributed by atoms with van der Waals surface area (Å²) >= 11 is 0. The molecule has 1 amide bonds. The van der Waals surface area contributed by atoms with Crippen LogP contribution in [0.3, 0.4) is 0 Å². The molecular formula is C10H11FN2O3. The van der Waals surface area contributed by atoms with Crippen LogP contribution in [0, 0.1) is 5.82 Å². The Morgan fingerprint density at radius 3 is 2.69 bits per heavy atom. The maximum absolute atomic E-state index is 12.5. The lowest BCUT2D eigenvalue weighted by Crippen LogP contribution is -2.40. The second kappa shape index (κ2) is 5.20. The summed E-state index contributed by atoms with van der Waals surface area (Å²) in [6.45, 7) is 1.64. The van der Waals surface area contributed by atoms with E-state index in [1.807, 2.05) is 0 Å². The van der Waals surface area contributed by atoms with E-state index in [2.05, 4.69) is 10.3 Å². The van der Waals surface area contributed by atoms with Crippen molar-refractivity contribution < 1.29 is 19.1 Å². The normalized spacial score (nSPS) is 11.9. The van der Waals surface area contributed by atoms with Crippen molar-refractivity contribution in [3.63, 3.8) is 0 Å². The Balaban J connectivity index is 2.71. The van der Waals surface area contributed by atoms with Crippen LogP contribution in [0.4, 0.5) is 4.39 Å². The zero-order chi connectivity index (χ0) is 12.1. The highest BCUT2D eigenvalue weighted by atomic mass is 19.1. The van der Waals surface area contributed by atoms with E-state index in [9.17, 15) is 14.0 Å². The average molecular weight is 226 g/mol. The summed E-state index contributed by atoms with van der Waals surface area (Å²) in [4.78, 5) is 25.7. The third kappa shape index (κ3) is 3.01. The van der Waals surface area contributed by atoms with Gasteiger partial charge in [-0.3, -0.25) is 4.79 Å². The van der Waals surface area contributed by atoms with Crippen LogP contribution in [0.25, 0.3) is 0 Å². The number of carbonyl (C=O) groups excluding carboxylic acids is 1. The fraction of sp³-hybridized carbons (Fsp3) is 0.300. The Labute approximate surface area is 91.3 Å². The van der Waals surface area contributed by atoms with Crippen molar-refractivity contribution >= 4 is 11.9 Å². The molecule has 0 spiro atoms. The Morgan fingerprint density at radius 2 is 2.25 bits per heavy atom. The van der Waals surface area contributed by atoms with Gasteiger partial charge in [0.05, 0.1) is 6.20 Å².